The van der Waals surface area contributed by atoms with Gasteiger partial charge in [-0.2, -0.15) is 0 Å². The van der Waals surface area contributed by atoms with Crippen molar-refractivity contribution in [3.63, 3.8) is 0 Å². The SMILES string of the molecule is CCNC(=NCCOc1ccccc1Cl)NC1CCCC(S(=O)CC)C1.I. The largest absolute Gasteiger partial charge is 0.490 e. The highest BCUT2D eigenvalue weighted by molar-refractivity contribution is 14.0. The lowest BCUT2D eigenvalue weighted by Gasteiger charge is -2.30. The Balaban J connectivity index is 0.00000364. The van der Waals surface area contributed by atoms with Crippen molar-refractivity contribution in [2.24, 2.45) is 4.99 Å². The summed E-state index contributed by atoms with van der Waals surface area (Å²) in [5.41, 5.74) is 0. The van der Waals surface area contributed by atoms with Crippen molar-refractivity contribution in [3.05, 3.63) is 29.3 Å². The van der Waals surface area contributed by atoms with Gasteiger partial charge in [0.1, 0.15) is 12.4 Å². The van der Waals surface area contributed by atoms with Gasteiger partial charge in [-0.05, 0) is 38.3 Å². The highest BCUT2D eigenvalue weighted by atomic mass is 127. The Labute approximate surface area is 187 Å². The minimum absolute atomic E-state index is 0. The summed E-state index contributed by atoms with van der Waals surface area (Å²) in [7, 11) is -0.716. The van der Waals surface area contributed by atoms with Crippen molar-refractivity contribution in [1.82, 2.24) is 10.6 Å². The Kier molecular flexibility index (Phi) is 12.3. The molecule has 8 heteroatoms. The number of para-hydroxylation sites is 1. The first kappa shape index (κ1) is 24.5. The number of nitrogens with one attached hydrogen (secondary N) is 2. The monoisotopic (exact) mass is 527 g/mol. The summed E-state index contributed by atoms with van der Waals surface area (Å²) < 4.78 is 17.8. The zero-order valence-corrected chi connectivity index (χ0v) is 20.0. The molecule has 0 spiro atoms. The van der Waals surface area contributed by atoms with E-state index in [2.05, 4.69) is 15.6 Å². The number of aliphatic imine (C=N–C) groups is 1. The Morgan fingerprint density at radius 1 is 1.33 bits per heavy atom. The van der Waals surface area contributed by atoms with E-state index in [-0.39, 0.29) is 24.0 Å². The molecular formula is C19H31ClIN3O2S. The number of ether oxygens (including phenoxy) is 1. The molecule has 1 aliphatic rings. The maximum atomic E-state index is 12.1. The highest BCUT2D eigenvalue weighted by Crippen LogP contribution is 2.23. The molecule has 0 heterocycles. The zero-order valence-electron chi connectivity index (χ0n) is 16.1. The second kappa shape index (κ2) is 13.6. The molecule has 0 saturated heterocycles. The molecule has 2 N–H and O–H groups in total. The van der Waals surface area contributed by atoms with Crippen LogP contribution in [0.1, 0.15) is 39.5 Å². The fourth-order valence-electron chi connectivity index (χ4n) is 3.14. The fraction of sp³-hybridized carbons (Fsp3) is 0.632. The van der Waals surface area contributed by atoms with Crippen molar-refractivity contribution in [1.29, 1.82) is 0 Å². The Morgan fingerprint density at radius 2 is 2.11 bits per heavy atom. The van der Waals surface area contributed by atoms with Crippen molar-refractivity contribution >= 4 is 52.3 Å². The maximum absolute atomic E-state index is 12.1. The van der Waals surface area contributed by atoms with Crippen LogP contribution in [0.4, 0.5) is 0 Å². The van der Waals surface area contributed by atoms with Crippen LogP contribution in [0.2, 0.25) is 5.02 Å². The number of hydrogen-bond acceptors (Lipinski definition) is 3. The lowest BCUT2D eigenvalue weighted by molar-refractivity contribution is 0.328. The molecular weight excluding hydrogens is 497 g/mol. The van der Waals surface area contributed by atoms with Crippen LogP contribution in [0.15, 0.2) is 29.3 Å². The van der Waals surface area contributed by atoms with Gasteiger partial charge in [-0.15, -0.1) is 24.0 Å². The number of benzene rings is 1. The third-order valence-corrected chi connectivity index (χ3v) is 6.48. The number of halogens is 2. The predicted octanol–water partition coefficient (Wildman–Crippen LogP) is 3.97. The summed E-state index contributed by atoms with van der Waals surface area (Å²) in [5.74, 6) is 2.22. The van der Waals surface area contributed by atoms with E-state index in [1.54, 1.807) is 0 Å². The first-order valence-corrected chi connectivity index (χ1v) is 11.2. The first-order valence-electron chi connectivity index (χ1n) is 9.43. The Morgan fingerprint density at radius 3 is 2.81 bits per heavy atom. The van der Waals surface area contributed by atoms with Gasteiger partial charge in [0.05, 0.1) is 11.6 Å². The molecule has 1 fully saturated rings. The van der Waals surface area contributed by atoms with Gasteiger partial charge >= 0.3 is 0 Å². The van der Waals surface area contributed by atoms with E-state index in [0.29, 0.717) is 35.2 Å². The van der Waals surface area contributed by atoms with Gasteiger partial charge in [-0.25, -0.2) is 4.99 Å². The van der Waals surface area contributed by atoms with Crippen molar-refractivity contribution in [2.45, 2.75) is 50.8 Å². The van der Waals surface area contributed by atoms with Crippen molar-refractivity contribution in [3.8, 4) is 5.75 Å². The van der Waals surface area contributed by atoms with Crippen LogP contribution in [0.5, 0.6) is 5.75 Å². The van der Waals surface area contributed by atoms with E-state index in [4.69, 9.17) is 16.3 Å². The highest BCUT2D eigenvalue weighted by Gasteiger charge is 2.25. The summed E-state index contributed by atoms with van der Waals surface area (Å²) in [4.78, 5) is 4.59. The van der Waals surface area contributed by atoms with Gasteiger partial charge < -0.3 is 15.4 Å². The van der Waals surface area contributed by atoms with Gasteiger partial charge in [0.15, 0.2) is 5.96 Å². The lowest BCUT2D eigenvalue weighted by Crippen LogP contribution is -2.46. The van der Waals surface area contributed by atoms with E-state index < -0.39 is 10.8 Å². The minimum Gasteiger partial charge on any atom is -0.490 e. The molecule has 1 saturated carbocycles. The van der Waals surface area contributed by atoms with Gasteiger partial charge in [0.2, 0.25) is 0 Å². The first-order chi connectivity index (χ1) is 12.6. The van der Waals surface area contributed by atoms with E-state index >= 15 is 0 Å². The van der Waals surface area contributed by atoms with Crippen LogP contribution in [-0.2, 0) is 10.8 Å². The Hall–Kier alpha value is -0.540. The second-order valence-corrected chi connectivity index (χ2v) is 8.75. The van der Waals surface area contributed by atoms with Crippen LogP contribution >= 0.6 is 35.6 Å². The fourth-order valence-corrected chi connectivity index (χ4v) is 4.68. The third-order valence-electron chi connectivity index (χ3n) is 4.42. The molecule has 1 aliphatic carbocycles. The summed E-state index contributed by atoms with van der Waals surface area (Å²) in [6.45, 7) is 5.85. The molecule has 1 aromatic rings. The quantitative estimate of drug-likeness (QED) is 0.232. The molecule has 3 atom stereocenters. The van der Waals surface area contributed by atoms with Gasteiger partial charge in [-0.1, -0.05) is 37.1 Å². The molecule has 0 bridgehead atoms. The van der Waals surface area contributed by atoms with Crippen LogP contribution < -0.4 is 15.4 Å². The summed E-state index contributed by atoms with van der Waals surface area (Å²) in [6.07, 6.45) is 4.22. The van der Waals surface area contributed by atoms with E-state index in [1.807, 2.05) is 38.1 Å². The van der Waals surface area contributed by atoms with Crippen LogP contribution in [-0.4, -0.2) is 46.9 Å². The van der Waals surface area contributed by atoms with Gasteiger partial charge in [0.25, 0.3) is 0 Å². The molecule has 1 aromatic carbocycles. The molecule has 154 valence electrons. The molecule has 0 radical (unpaired) electrons. The van der Waals surface area contributed by atoms with Crippen LogP contribution in [0.3, 0.4) is 0 Å². The summed E-state index contributed by atoms with van der Waals surface area (Å²) in [5, 5.41) is 7.69. The van der Waals surface area contributed by atoms with Crippen LogP contribution in [0, 0.1) is 0 Å². The van der Waals surface area contributed by atoms with E-state index in [1.165, 1.54) is 0 Å². The minimum atomic E-state index is -0.716. The predicted molar refractivity (Wildman–Crippen MR) is 126 cm³/mol. The zero-order chi connectivity index (χ0) is 18.8. The number of rotatable bonds is 8. The summed E-state index contributed by atoms with van der Waals surface area (Å²) in [6, 6.07) is 7.77. The molecule has 3 unspecified atom stereocenters. The molecule has 2 rings (SSSR count). The number of hydrogen-bond donors (Lipinski definition) is 2. The van der Waals surface area contributed by atoms with Crippen molar-refractivity contribution < 1.29 is 8.95 Å². The lowest BCUT2D eigenvalue weighted by atomic mass is 9.95. The third kappa shape index (κ3) is 8.56. The average molecular weight is 528 g/mol. The van der Waals surface area contributed by atoms with Gasteiger partial charge in [0, 0.05) is 34.4 Å². The van der Waals surface area contributed by atoms with Gasteiger partial charge in [-0.3, -0.25) is 4.21 Å². The van der Waals surface area contributed by atoms with E-state index in [0.717, 1.165) is 43.9 Å². The maximum Gasteiger partial charge on any atom is 0.191 e. The molecule has 27 heavy (non-hydrogen) atoms. The van der Waals surface area contributed by atoms with Crippen molar-refractivity contribution in [2.75, 3.05) is 25.4 Å². The van der Waals surface area contributed by atoms with E-state index in [9.17, 15) is 4.21 Å². The normalized spacial score (nSPS) is 21.1. The average Bonchev–Trinajstić information content (AvgIpc) is 2.66. The van der Waals surface area contributed by atoms with Crippen LogP contribution in [0.25, 0.3) is 0 Å². The second-order valence-electron chi connectivity index (χ2n) is 6.34. The summed E-state index contributed by atoms with van der Waals surface area (Å²) >= 11 is 6.08. The molecule has 5 nitrogen and oxygen atoms in total. The molecule has 0 aromatic heterocycles. The standard InChI is InChI=1S/C19H30ClN3O2S.HI/c1-3-21-19(22-12-13-25-18-11-6-5-10-17(18)20)23-15-8-7-9-16(14-15)26(24)4-2;/h5-6,10-11,15-16H,3-4,7-9,12-14H2,1-2H3,(H2,21,22,23);1H. The Bertz CT molecular complexity index is 618. The number of nitrogens with zero attached hydrogens (tertiary/aromatic N) is 1. The molecule has 0 amide bonds. The molecule has 0 aliphatic heterocycles. The smallest absolute Gasteiger partial charge is 0.191 e. The number of guanidine groups is 1. The topological polar surface area (TPSA) is 62.7 Å².